The van der Waals surface area contributed by atoms with Gasteiger partial charge in [-0.2, -0.15) is 18.4 Å². The first-order valence-corrected chi connectivity index (χ1v) is 10.0. The van der Waals surface area contributed by atoms with Crippen LogP contribution in [0.1, 0.15) is 17.5 Å². The second kappa shape index (κ2) is 9.81. The van der Waals surface area contributed by atoms with Crippen molar-refractivity contribution in [1.29, 1.82) is 5.26 Å². The average molecular weight is 461 g/mol. The van der Waals surface area contributed by atoms with Crippen LogP contribution in [0.15, 0.2) is 42.5 Å². The number of benzene rings is 2. The van der Waals surface area contributed by atoms with Gasteiger partial charge in [-0.3, -0.25) is 9.59 Å². The number of carbonyl (C=O) groups is 2. The lowest BCUT2D eigenvalue weighted by Crippen LogP contribution is -2.42. The highest BCUT2D eigenvalue weighted by atomic mass is 19.4. The van der Waals surface area contributed by atoms with Crippen LogP contribution in [0.4, 0.5) is 18.9 Å². The third-order valence-corrected chi connectivity index (χ3v) is 5.29. The molecule has 0 saturated carbocycles. The summed E-state index contributed by atoms with van der Waals surface area (Å²) in [6.07, 6.45) is -4.83. The zero-order chi connectivity index (χ0) is 24.2. The molecule has 3 rings (SSSR count). The summed E-state index contributed by atoms with van der Waals surface area (Å²) in [7, 11) is 2.89. The molecule has 33 heavy (non-hydrogen) atoms. The molecule has 0 aliphatic carbocycles. The SMILES string of the molecule is COc1ccc(OC)c(N2CC(C(=O)N(Cc3ccc(C#N)cc3)CC(F)(F)F)CC2=O)c1. The van der Waals surface area contributed by atoms with Crippen LogP contribution in [0.5, 0.6) is 11.5 Å². The van der Waals surface area contributed by atoms with Gasteiger partial charge in [-0.1, -0.05) is 12.1 Å². The quantitative estimate of drug-likeness (QED) is 0.630. The molecule has 1 unspecified atom stereocenters. The number of rotatable bonds is 7. The molecule has 0 N–H and O–H groups in total. The van der Waals surface area contributed by atoms with Crippen molar-refractivity contribution in [3.63, 3.8) is 0 Å². The van der Waals surface area contributed by atoms with E-state index >= 15 is 0 Å². The predicted molar refractivity (Wildman–Crippen MR) is 113 cm³/mol. The number of methoxy groups -OCH3 is 2. The lowest BCUT2D eigenvalue weighted by molar-refractivity contribution is -0.164. The number of nitriles is 1. The van der Waals surface area contributed by atoms with Gasteiger partial charge in [-0.25, -0.2) is 0 Å². The standard InChI is InChI=1S/C23H22F3N3O4/c1-32-18-7-8-20(33-2)19(10-18)29-13-17(9-21(29)30)22(31)28(14-23(24,25)26)12-16-5-3-15(11-27)4-6-16/h3-8,10,17H,9,12-14H2,1-2H3. The van der Waals surface area contributed by atoms with Gasteiger partial charge in [0.1, 0.15) is 18.0 Å². The van der Waals surface area contributed by atoms with Gasteiger partial charge < -0.3 is 19.3 Å². The molecule has 0 radical (unpaired) electrons. The molecule has 1 heterocycles. The Hall–Kier alpha value is -3.74. The fraction of sp³-hybridized carbons (Fsp3) is 0.348. The topological polar surface area (TPSA) is 82.9 Å². The van der Waals surface area contributed by atoms with Crippen molar-refractivity contribution in [2.75, 3.05) is 32.2 Å². The Bertz CT molecular complexity index is 1060. The normalized spacial score (nSPS) is 15.8. The van der Waals surface area contributed by atoms with Crippen LogP contribution in [0.2, 0.25) is 0 Å². The molecule has 2 amide bonds. The molecular formula is C23H22F3N3O4. The lowest BCUT2D eigenvalue weighted by Gasteiger charge is -2.27. The summed E-state index contributed by atoms with van der Waals surface area (Å²) in [6.45, 7) is -1.82. The Morgan fingerprint density at radius 2 is 1.88 bits per heavy atom. The van der Waals surface area contributed by atoms with Crippen LogP contribution < -0.4 is 14.4 Å². The Morgan fingerprint density at radius 3 is 2.45 bits per heavy atom. The zero-order valence-electron chi connectivity index (χ0n) is 18.1. The minimum atomic E-state index is -4.61. The number of halogens is 3. The van der Waals surface area contributed by atoms with Crippen LogP contribution in [-0.4, -0.2) is 50.2 Å². The molecule has 10 heteroatoms. The fourth-order valence-electron chi connectivity index (χ4n) is 3.70. The van der Waals surface area contributed by atoms with Crippen molar-refractivity contribution in [3.05, 3.63) is 53.6 Å². The van der Waals surface area contributed by atoms with E-state index in [2.05, 4.69) is 0 Å². The molecule has 2 aromatic rings. The van der Waals surface area contributed by atoms with E-state index in [-0.39, 0.29) is 19.5 Å². The van der Waals surface area contributed by atoms with Gasteiger partial charge in [0.05, 0.1) is 37.5 Å². The molecule has 0 aromatic heterocycles. The molecule has 1 fully saturated rings. The molecule has 1 atom stereocenters. The third kappa shape index (κ3) is 5.74. The fourth-order valence-corrected chi connectivity index (χ4v) is 3.70. The van der Waals surface area contributed by atoms with Crippen molar-refractivity contribution in [3.8, 4) is 17.6 Å². The average Bonchev–Trinajstić information content (AvgIpc) is 3.18. The summed E-state index contributed by atoms with van der Waals surface area (Å²) in [4.78, 5) is 27.8. The van der Waals surface area contributed by atoms with Gasteiger partial charge in [-0.15, -0.1) is 0 Å². The molecule has 1 aliphatic heterocycles. The zero-order valence-corrected chi connectivity index (χ0v) is 18.1. The number of hydrogen-bond donors (Lipinski definition) is 0. The summed E-state index contributed by atoms with van der Waals surface area (Å²) >= 11 is 0. The Kier molecular flexibility index (Phi) is 7.11. The van der Waals surface area contributed by atoms with Crippen molar-refractivity contribution in [1.82, 2.24) is 4.90 Å². The molecule has 2 aromatic carbocycles. The van der Waals surface area contributed by atoms with Gasteiger partial charge in [0.25, 0.3) is 0 Å². The van der Waals surface area contributed by atoms with E-state index < -0.39 is 30.5 Å². The van der Waals surface area contributed by atoms with Crippen LogP contribution in [-0.2, 0) is 16.1 Å². The van der Waals surface area contributed by atoms with E-state index in [1.54, 1.807) is 18.2 Å². The maximum atomic E-state index is 13.2. The van der Waals surface area contributed by atoms with Crippen molar-refractivity contribution < 1.29 is 32.2 Å². The first-order chi connectivity index (χ1) is 15.6. The second-order valence-electron chi connectivity index (χ2n) is 7.56. The van der Waals surface area contributed by atoms with E-state index in [0.29, 0.717) is 33.2 Å². The number of alkyl halides is 3. The number of nitrogens with zero attached hydrogens (tertiary/aromatic N) is 3. The Morgan fingerprint density at radius 1 is 1.18 bits per heavy atom. The van der Waals surface area contributed by atoms with Crippen LogP contribution in [0.25, 0.3) is 0 Å². The summed E-state index contributed by atoms with van der Waals surface area (Å²) < 4.78 is 50.2. The van der Waals surface area contributed by atoms with Gasteiger partial charge >= 0.3 is 6.18 Å². The molecule has 0 spiro atoms. The van der Waals surface area contributed by atoms with E-state index in [0.717, 1.165) is 0 Å². The van der Waals surface area contributed by atoms with Crippen molar-refractivity contribution in [2.24, 2.45) is 5.92 Å². The highest BCUT2D eigenvalue weighted by molar-refractivity contribution is 6.01. The van der Waals surface area contributed by atoms with E-state index in [9.17, 15) is 22.8 Å². The number of ether oxygens (including phenoxy) is 2. The van der Waals surface area contributed by atoms with E-state index in [4.69, 9.17) is 14.7 Å². The van der Waals surface area contributed by atoms with Gasteiger partial charge in [0.15, 0.2) is 0 Å². The maximum Gasteiger partial charge on any atom is 0.406 e. The molecule has 1 aliphatic rings. The van der Waals surface area contributed by atoms with Crippen molar-refractivity contribution >= 4 is 17.5 Å². The first kappa shape index (κ1) is 23.9. The van der Waals surface area contributed by atoms with Gasteiger partial charge in [0, 0.05) is 25.6 Å². The van der Waals surface area contributed by atoms with Crippen LogP contribution in [0.3, 0.4) is 0 Å². The lowest BCUT2D eigenvalue weighted by atomic mass is 10.1. The van der Waals surface area contributed by atoms with Crippen molar-refractivity contribution in [2.45, 2.75) is 19.1 Å². The maximum absolute atomic E-state index is 13.2. The number of carbonyl (C=O) groups excluding carboxylic acids is 2. The smallest absolute Gasteiger partial charge is 0.406 e. The molecule has 7 nitrogen and oxygen atoms in total. The number of hydrogen-bond acceptors (Lipinski definition) is 5. The first-order valence-electron chi connectivity index (χ1n) is 10.0. The number of amides is 2. The summed E-state index contributed by atoms with van der Waals surface area (Å²) in [6, 6.07) is 12.7. The predicted octanol–water partition coefficient (Wildman–Crippen LogP) is 3.52. The summed E-state index contributed by atoms with van der Waals surface area (Å²) in [5, 5.41) is 8.89. The molecule has 0 bridgehead atoms. The Balaban J connectivity index is 1.83. The highest BCUT2D eigenvalue weighted by Gasteiger charge is 2.41. The third-order valence-electron chi connectivity index (χ3n) is 5.29. The Labute approximate surface area is 188 Å². The van der Waals surface area contributed by atoms with Crippen LogP contribution in [0, 0.1) is 17.2 Å². The van der Waals surface area contributed by atoms with E-state index in [1.165, 1.54) is 43.4 Å². The minimum absolute atomic E-state index is 0.0804. The second-order valence-corrected chi connectivity index (χ2v) is 7.56. The van der Waals surface area contributed by atoms with Gasteiger partial charge in [0.2, 0.25) is 11.8 Å². The van der Waals surface area contributed by atoms with Gasteiger partial charge in [-0.05, 0) is 29.8 Å². The molecular weight excluding hydrogens is 439 g/mol. The van der Waals surface area contributed by atoms with Crippen LogP contribution >= 0.6 is 0 Å². The molecule has 1 saturated heterocycles. The monoisotopic (exact) mass is 461 g/mol. The highest BCUT2D eigenvalue weighted by Crippen LogP contribution is 2.36. The summed E-state index contributed by atoms with van der Waals surface area (Å²) in [5.41, 5.74) is 1.19. The summed E-state index contributed by atoms with van der Waals surface area (Å²) in [5.74, 6) is -1.27. The number of anilines is 1. The largest absolute Gasteiger partial charge is 0.497 e. The molecule has 174 valence electrons. The minimum Gasteiger partial charge on any atom is -0.497 e. The van der Waals surface area contributed by atoms with E-state index in [1.807, 2.05) is 6.07 Å².